The third kappa shape index (κ3) is 3.16. The Balaban J connectivity index is 2.34. The van der Waals surface area contributed by atoms with E-state index in [1.165, 1.54) is 24.4 Å². The van der Waals surface area contributed by atoms with Crippen LogP contribution in [0.4, 0.5) is 11.4 Å². The highest BCUT2D eigenvalue weighted by atomic mass is 35.5. The molecule has 0 atom stereocenters. The lowest BCUT2D eigenvalue weighted by molar-refractivity contribution is -0.385. The van der Waals surface area contributed by atoms with E-state index in [9.17, 15) is 10.1 Å². The van der Waals surface area contributed by atoms with E-state index in [-0.39, 0.29) is 16.5 Å². The number of rotatable bonds is 5. The number of pyridine rings is 1. The molecule has 7 heteroatoms. The SMILES string of the molecule is CCNc1cncc(Oc2c(Cl)cccc2[N+](=O)[O-])c1. The highest BCUT2D eigenvalue weighted by Gasteiger charge is 2.19. The van der Waals surface area contributed by atoms with Gasteiger partial charge in [-0.2, -0.15) is 0 Å². The minimum atomic E-state index is -0.539. The predicted octanol–water partition coefficient (Wildman–Crippen LogP) is 3.87. The van der Waals surface area contributed by atoms with Crippen LogP contribution in [0.1, 0.15) is 6.92 Å². The molecule has 0 bridgehead atoms. The van der Waals surface area contributed by atoms with E-state index >= 15 is 0 Å². The second-order valence-corrected chi connectivity index (χ2v) is 4.29. The van der Waals surface area contributed by atoms with Crippen molar-refractivity contribution in [3.63, 3.8) is 0 Å². The summed E-state index contributed by atoms with van der Waals surface area (Å²) in [5.74, 6) is 0.384. The number of benzene rings is 1. The number of para-hydroxylation sites is 1. The fourth-order valence-corrected chi connectivity index (χ4v) is 1.84. The molecule has 0 fully saturated rings. The normalized spacial score (nSPS) is 10.1. The van der Waals surface area contributed by atoms with Crippen LogP contribution in [-0.4, -0.2) is 16.5 Å². The monoisotopic (exact) mass is 293 g/mol. The third-order valence-electron chi connectivity index (χ3n) is 2.46. The fourth-order valence-electron chi connectivity index (χ4n) is 1.64. The summed E-state index contributed by atoms with van der Waals surface area (Å²) in [6.07, 6.45) is 3.10. The number of nitro benzene ring substituents is 1. The summed E-state index contributed by atoms with van der Waals surface area (Å²) < 4.78 is 5.51. The van der Waals surface area contributed by atoms with Crippen LogP contribution >= 0.6 is 11.6 Å². The van der Waals surface area contributed by atoms with Gasteiger partial charge in [0.2, 0.25) is 5.75 Å². The standard InChI is InChI=1S/C13H12ClN3O3/c1-2-16-9-6-10(8-15-7-9)20-13-11(14)4-3-5-12(13)17(18)19/h3-8,16H,2H2,1H3. The molecule has 0 aliphatic heterocycles. The van der Waals surface area contributed by atoms with Gasteiger partial charge in [0.1, 0.15) is 5.75 Å². The first-order valence-electron chi connectivity index (χ1n) is 5.91. The Hall–Kier alpha value is -2.34. The Morgan fingerprint density at radius 2 is 2.25 bits per heavy atom. The molecule has 0 amide bonds. The fraction of sp³-hybridized carbons (Fsp3) is 0.154. The third-order valence-corrected chi connectivity index (χ3v) is 2.75. The first-order chi connectivity index (χ1) is 9.61. The van der Waals surface area contributed by atoms with Gasteiger partial charge in [-0.25, -0.2) is 0 Å². The van der Waals surface area contributed by atoms with E-state index in [0.717, 1.165) is 12.2 Å². The molecule has 104 valence electrons. The van der Waals surface area contributed by atoms with Gasteiger partial charge < -0.3 is 10.1 Å². The Morgan fingerprint density at radius 1 is 1.45 bits per heavy atom. The molecule has 0 saturated carbocycles. The van der Waals surface area contributed by atoms with Crippen molar-refractivity contribution < 1.29 is 9.66 Å². The zero-order valence-electron chi connectivity index (χ0n) is 10.7. The van der Waals surface area contributed by atoms with Crippen LogP contribution in [0.25, 0.3) is 0 Å². The van der Waals surface area contributed by atoms with Crippen molar-refractivity contribution >= 4 is 23.0 Å². The smallest absolute Gasteiger partial charge is 0.313 e. The number of ether oxygens (including phenoxy) is 1. The van der Waals surface area contributed by atoms with E-state index in [4.69, 9.17) is 16.3 Å². The summed E-state index contributed by atoms with van der Waals surface area (Å²) in [7, 11) is 0. The van der Waals surface area contributed by atoms with Gasteiger partial charge in [-0.05, 0) is 13.0 Å². The lowest BCUT2D eigenvalue weighted by atomic mass is 10.3. The molecule has 1 aromatic heterocycles. The molecule has 0 radical (unpaired) electrons. The van der Waals surface area contributed by atoms with Gasteiger partial charge in [0.25, 0.3) is 0 Å². The van der Waals surface area contributed by atoms with Gasteiger partial charge in [0.15, 0.2) is 0 Å². The summed E-state index contributed by atoms with van der Waals surface area (Å²) in [5, 5.41) is 14.2. The average molecular weight is 294 g/mol. The molecule has 1 heterocycles. The first kappa shape index (κ1) is 14.1. The highest BCUT2D eigenvalue weighted by molar-refractivity contribution is 6.32. The summed E-state index contributed by atoms with van der Waals surface area (Å²) >= 11 is 5.96. The van der Waals surface area contributed by atoms with E-state index in [0.29, 0.717) is 5.75 Å². The molecule has 0 aliphatic carbocycles. The zero-order valence-corrected chi connectivity index (χ0v) is 11.4. The highest BCUT2D eigenvalue weighted by Crippen LogP contribution is 2.37. The Kier molecular flexibility index (Phi) is 4.37. The van der Waals surface area contributed by atoms with Crippen molar-refractivity contribution in [1.29, 1.82) is 0 Å². The topological polar surface area (TPSA) is 77.3 Å². The van der Waals surface area contributed by atoms with Crippen molar-refractivity contribution in [1.82, 2.24) is 4.98 Å². The molecule has 0 unspecified atom stereocenters. The maximum absolute atomic E-state index is 11.0. The van der Waals surface area contributed by atoms with E-state index in [1.54, 1.807) is 12.3 Å². The lowest BCUT2D eigenvalue weighted by Gasteiger charge is -2.09. The predicted molar refractivity (Wildman–Crippen MR) is 76.6 cm³/mol. The van der Waals surface area contributed by atoms with Crippen LogP contribution < -0.4 is 10.1 Å². The van der Waals surface area contributed by atoms with Crippen LogP contribution in [-0.2, 0) is 0 Å². The molecule has 0 spiro atoms. The maximum atomic E-state index is 11.0. The van der Waals surface area contributed by atoms with E-state index in [2.05, 4.69) is 10.3 Å². The number of halogens is 1. The molecule has 0 saturated heterocycles. The molecular weight excluding hydrogens is 282 g/mol. The van der Waals surface area contributed by atoms with Crippen LogP contribution in [0, 0.1) is 10.1 Å². The second-order valence-electron chi connectivity index (χ2n) is 3.89. The van der Waals surface area contributed by atoms with Gasteiger partial charge in [-0.3, -0.25) is 15.1 Å². The molecule has 2 rings (SSSR count). The van der Waals surface area contributed by atoms with Gasteiger partial charge in [0.05, 0.1) is 28.0 Å². The quantitative estimate of drug-likeness (QED) is 0.669. The van der Waals surface area contributed by atoms with E-state index < -0.39 is 4.92 Å². The van der Waals surface area contributed by atoms with Gasteiger partial charge in [-0.15, -0.1) is 0 Å². The molecule has 1 N–H and O–H groups in total. The minimum Gasteiger partial charge on any atom is -0.447 e. The van der Waals surface area contributed by atoms with Crippen LogP contribution in [0.2, 0.25) is 5.02 Å². The van der Waals surface area contributed by atoms with Crippen molar-refractivity contribution in [2.24, 2.45) is 0 Å². The van der Waals surface area contributed by atoms with Crippen LogP contribution in [0.15, 0.2) is 36.7 Å². The Morgan fingerprint density at radius 3 is 2.95 bits per heavy atom. The molecule has 0 aliphatic rings. The van der Waals surface area contributed by atoms with Crippen LogP contribution in [0.5, 0.6) is 11.5 Å². The van der Waals surface area contributed by atoms with Crippen molar-refractivity contribution in [2.75, 3.05) is 11.9 Å². The number of nitrogens with one attached hydrogen (secondary N) is 1. The number of nitro groups is 1. The number of hydrogen-bond acceptors (Lipinski definition) is 5. The first-order valence-corrected chi connectivity index (χ1v) is 6.29. The summed E-state index contributed by atoms with van der Waals surface area (Å²) in [4.78, 5) is 14.4. The van der Waals surface area contributed by atoms with Gasteiger partial charge >= 0.3 is 5.69 Å². The lowest BCUT2D eigenvalue weighted by Crippen LogP contribution is -1.98. The summed E-state index contributed by atoms with van der Waals surface area (Å²) in [6.45, 7) is 2.68. The molecule has 20 heavy (non-hydrogen) atoms. The number of nitrogens with zero attached hydrogens (tertiary/aromatic N) is 2. The van der Waals surface area contributed by atoms with E-state index in [1.807, 2.05) is 6.92 Å². The van der Waals surface area contributed by atoms with Crippen molar-refractivity contribution in [2.45, 2.75) is 6.92 Å². The van der Waals surface area contributed by atoms with Gasteiger partial charge in [-0.1, -0.05) is 17.7 Å². The largest absolute Gasteiger partial charge is 0.447 e. The van der Waals surface area contributed by atoms with Crippen molar-refractivity contribution in [3.05, 3.63) is 51.8 Å². The van der Waals surface area contributed by atoms with Crippen molar-refractivity contribution in [3.8, 4) is 11.5 Å². The average Bonchev–Trinajstić information content (AvgIpc) is 2.41. The van der Waals surface area contributed by atoms with Gasteiger partial charge in [0, 0.05) is 18.7 Å². The second kappa shape index (κ2) is 6.21. The van der Waals surface area contributed by atoms with Crippen LogP contribution in [0.3, 0.4) is 0 Å². The molecular formula is C13H12ClN3O3. The molecule has 1 aromatic carbocycles. The number of anilines is 1. The molecule has 2 aromatic rings. The molecule has 6 nitrogen and oxygen atoms in total. The Bertz CT molecular complexity index is 634. The Labute approximate surface area is 120 Å². The zero-order chi connectivity index (χ0) is 14.5. The number of aromatic nitrogens is 1. The minimum absolute atomic E-state index is 0.00890. The maximum Gasteiger partial charge on any atom is 0.313 e. The summed E-state index contributed by atoms with van der Waals surface area (Å²) in [6, 6.07) is 6.07. The summed E-state index contributed by atoms with van der Waals surface area (Å²) in [5.41, 5.74) is 0.575. The number of hydrogen-bond donors (Lipinski definition) is 1.